The molecule has 12 aromatic rings. The van der Waals surface area contributed by atoms with Crippen molar-refractivity contribution in [2.24, 2.45) is 14.1 Å². The topological polar surface area (TPSA) is 45.7 Å². The Kier molecular flexibility index (Phi) is 7.72. The summed E-state index contributed by atoms with van der Waals surface area (Å²) in [5.74, 6) is 1.97. The van der Waals surface area contributed by atoms with Crippen LogP contribution in [0.5, 0.6) is 11.5 Å². The van der Waals surface area contributed by atoms with E-state index in [4.69, 9.17) is 9.72 Å². The number of benzene rings is 7. The van der Waals surface area contributed by atoms with E-state index < -0.39 is 0 Å². The monoisotopic (exact) mass is 927 g/mol. The van der Waals surface area contributed by atoms with E-state index in [1.165, 1.54) is 38.1 Å². The Bertz CT molecular complexity index is 3580. The number of aromatic nitrogens is 6. The molecule has 0 atom stereocenters. The van der Waals surface area contributed by atoms with Crippen LogP contribution in [0, 0.1) is 18.5 Å². The van der Waals surface area contributed by atoms with Gasteiger partial charge in [0.2, 0.25) is 0 Å². The van der Waals surface area contributed by atoms with Gasteiger partial charge in [-0.3, -0.25) is 4.57 Å². The van der Waals surface area contributed by atoms with E-state index in [9.17, 15) is 0 Å². The van der Waals surface area contributed by atoms with E-state index >= 15 is 0 Å². The van der Waals surface area contributed by atoms with Crippen LogP contribution in [0.15, 0.2) is 158 Å². The van der Waals surface area contributed by atoms with Crippen molar-refractivity contribution in [1.82, 2.24) is 23.3 Å². The molecule has 0 spiro atoms. The van der Waals surface area contributed by atoms with Crippen molar-refractivity contribution in [3.05, 3.63) is 176 Å². The second-order valence-corrected chi connectivity index (χ2v) is 14.5. The number of imidazole rings is 1. The molecule has 0 aliphatic heterocycles. The Balaban J connectivity index is 0.00000385. The van der Waals surface area contributed by atoms with Gasteiger partial charge in [0.25, 0.3) is 6.33 Å². The Hall–Kier alpha value is -6.95. The van der Waals surface area contributed by atoms with Crippen LogP contribution in [-0.2, 0) is 35.2 Å². The summed E-state index contributed by atoms with van der Waals surface area (Å²) in [4.78, 5) is 4.94. The number of aryl methyl sites for hydroxylation is 2. The predicted molar refractivity (Wildman–Crippen MR) is 228 cm³/mol. The number of fused-ring (bicyclic) bond motifs is 13. The van der Waals surface area contributed by atoms with E-state index in [1.807, 2.05) is 71.4 Å². The maximum atomic E-state index is 6.67. The molecule has 5 aromatic heterocycles. The zero-order valence-corrected chi connectivity index (χ0v) is 33.7. The molecule has 0 unspecified atom stereocenters. The zero-order chi connectivity index (χ0) is 37.8. The van der Waals surface area contributed by atoms with Crippen molar-refractivity contribution in [1.29, 1.82) is 0 Å². The van der Waals surface area contributed by atoms with Gasteiger partial charge in [-0.15, -0.1) is 24.3 Å². The molecule has 5 heterocycles. The van der Waals surface area contributed by atoms with E-state index in [2.05, 4.69) is 142 Å². The molecule has 0 aliphatic rings. The van der Waals surface area contributed by atoms with Gasteiger partial charge >= 0.3 is 0 Å². The Morgan fingerprint density at radius 1 is 0.534 bits per heavy atom. The number of nitrogens with zero attached hydrogens (tertiary/aromatic N) is 6. The Labute approximate surface area is 347 Å². The van der Waals surface area contributed by atoms with Crippen LogP contribution in [0.25, 0.3) is 93.6 Å². The molecule has 0 fully saturated rings. The molecule has 0 saturated carbocycles. The summed E-state index contributed by atoms with van der Waals surface area (Å²) >= 11 is 0. The van der Waals surface area contributed by atoms with Gasteiger partial charge in [0.15, 0.2) is 0 Å². The van der Waals surface area contributed by atoms with Crippen molar-refractivity contribution in [3.8, 4) is 28.7 Å². The van der Waals surface area contributed by atoms with Crippen molar-refractivity contribution in [2.45, 2.75) is 0 Å². The second-order valence-electron chi connectivity index (χ2n) is 14.5. The Morgan fingerprint density at radius 3 is 1.95 bits per heavy atom. The van der Waals surface area contributed by atoms with Crippen LogP contribution in [0.1, 0.15) is 0 Å². The molecule has 0 bridgehead atoms. The van der Waals surface area contributed by atoms with E-state index in [1.54, 1.807) is 0 Å². The van der Waals surface area contributed by atoms with E-state index in [0.29, 0.717) is 11.5 Å². The summed E-state index contributed by atoms with van der Waals surface area (Å²) in [5.41, 5.74) is 10.6. The molecular formula is C50H32N6OPt-2. The fraction of sp³-hybridized carbons (Fsp3) is 0.0400. The third-order valence-electron chi connectivity index (χ3n) is 11.4. The van der Waals surface area contributed by atoms with Gasteiger partial charge in [0.1, 0.15) is 5.82 Å². The number of pyridine rings is 1. The number of ether oxygens (including phenoxy) is 1. The number of para-hydroxylation sites is 5. The fourth-order valence-electron chi connectivity index (χ4n) is 9.05. The first kappa shape index (κ1) is 34.3. The predicted octanol–water partition coefficient (Wildman–Crippen LogP) is 10.9. The van der Waals surface area contributed by atoms with Crippen molar-refractivity contribution in [3.63, 3.8) is 0 Å². The van der Waals surface area contributed by atoms with E-state index in [0.717, 1.165) is 55.5 Å². The molecule has 12 rings (SSSR count). The molecular weight excluding hydrogens is 896 g/mol. The van der Waals surface area contributed by atoms with Crippen LogP contribution < -0.4 is 9.30 Å². The standard InChI is InChI=1S/C50H32N6O.Pt/c1-52-39-21-8-6-19-36(39)45-46-37-20-7-9-22-40(37)53(2)49(46)50-47(48(45)52)38-27-26-35(30-43(38)56(50)44-25-12-13-28-51-44)57-34-18-14-17-33(29-34)55-31-54(32-15-4-3-5-16-32)41-23-10-11-24-42(41)55;/h3-28H,1-2H3;/q-2;. The van der Waals surface area contributed by atoms with Gasteiger partial charge in [-0.1, -0.05) is 95.8 Å². The third-order valence-corrected chi connectivity index (χ3v) is 11.4. The minimum atomic E-state index is 0. The van der Waals surface area contributed by atoms with Gasteiger partial charge < -0.3 is 23.0 Å². The first-order valence-electron chi connectivity index (χ1n) is 19.0. The van der Waals surface area contributed by atoms with Crippen molar-refractivity contribution < 1.29 is 30.4 Å². The maximum absolute atomic E-state index is 6.67. The number of hydrogen-bond donors (Lipinski definition) is 0. The zero-order valence-electron chi connectivity index (χ0n) is 31.4. The molecule has 7 aromatic carbocycles. The first-order valence-corrected chi connectivity index (χ1v) is 19.0. The minimum Gasteiger partial charge on any atom is -0.510 e. The summed E-state index contributed by atoms with van der Waals surface area (Å²) in [6, 6.07) is 59.5. The van der Waals surface area contributed by atoms with Crippen LogP contribution >= 0.6 is 0 Å². The molecule has 0 aliphatic carbocycles. The summed E-state index contributed by atoms with van der Waals surface area (Å²) < 4.78 is 17.7. The fourth-order valence-corrected chi connectivity index (χ4v) is 9.05. The van der Waals surface area contributed by atoms with Crippen LogP contribution in [0.3, 0.4) is 0 Å². The van der Waals surface area contributed by atoms with Gasteiger partial charge in [-0.05, 0) is 47.5 Å². The average molecular weight is 928 g/mol. The van der Waals surface area contributed by atoms with E-state index in [-0.39, 0.29) is 21.1 Å². The van der Waals surface area contributed by atoms with Gasteiger partial charge in [-0.2, -0.15) is 18.2 Å². The Morgan fingerprint density at radius 2 is 1.19 bits per heavy atom. The average Bonchev–Trinajstić information content (AvgIpc) is 3.98. The quantitative estimate of drug-likeness (QED) is 0.128. The van der Waals surface area contributed by atoms with Crippen LogP contribution in [0.4, 0.5) is 0 Å². The molecule has 0 radical (unpaired) electrons. The van der Waals surface area contributed by atoms with Gasteiger partial charge in [-0.25, -0.2) is 4.98 Å². The summed E-state index contributed by atoms with van der Waals surface area (Å²) in [6.45, 7) is 0. The normalized spacial score (nSPS) is 11.8. The summed E-state index contributed by atoms with van der Waals surface area (Å²) in [7, 11) is 4.36. The molecule has 7 nitrogen and oxygen atoms in total. The van der Waals surface area contributed by atoms with Crippen LogP contribution in [-0.4, -0.2) is 23.3 Å². The van der Waals surface area contributed by atoms with Crippen molar-refractivity contribution in [2.75, 3.05) is 0 Å². The second kappa shape index (κ2) is 13.1. The smallest absolute Gasteiger partial charge is 0.268 e. The van der Waals surface area contributed by atoms with Crippen LogP contribution in [0.2, 0.25) is 0 Å². The third kappa shape index (κ3) is 4.83. The minimum absolute atomic E-state index is 0. The molecule has 0 N–H and O–H groups in total. The maximum Gasteiger partial charge on any atom is 0.268 e. The van der Waals surface area contributed by atoms with Gasteiger partial charge in [0, 0.05) is 91.0 Å². The molecule has 8 heteroatoms. The summed E-state index contributed by atoms with van der Waals surface area (Å²) in [5, 5.41) is 7.17. The first-order chi connectivity index (χ1) is 28.1. The summed E-state index contributed by atoms with van der Waals surface area (Å²) in [6.07, 6.45) is 5.41. The van der Waals surface area contributed by atoms with Gasteiger partial charge in [0.05, 0.1) is 27.8 Å². The SMILES string of the molecule is Cn1c2ccccc2c2c3c4ccccc4n(C)c3c3c(c4ccc(Oc5[c-]c(-[n+]6[c-]n(-c7ccccc7)c7ccccc76)ccc5)[c-]c4n3-c3ccccn3)c21.[Pt]. The molecule has 0 amide bonds. The number of hydrogen-bond acceptors (Lipinski definition) is 2. The molecule has 0 saturated heterocycles. The largest absolute Gasteiger partial charge is 0.510 e. The molecule has 280 valence electrons. The number of rotatable bonds is 5. The van der Waals surface area contributed by atoms with Crippen molar-refractivity contribution >= 4 is 76.5 Å². The molecule has 58 heavy (non-hydrogen) atoms.